The second-order valence-corrected chi connectivity index (χ2v) is 3.55. The Kier molecular flexibility index (Phi) is 4.50. The zero-order chi connectivity index (χ0) is 10.4. The Morgan fingerprint density at radius 3 is 3.14 bits per heavy atom. The van der Waals surface area contributed by atoms with Gasteiger partial charge in [-0.3, -0.25) is 0 Å². The zero-order valence-corrected chi connectivity index (χ0v) is 8.91. The predicted octanol–water partition coefficient (Wildman–Crippen LogP) is 2.41. The van der Waals surface area contributed by atoms with Gasteiger partial charge in [0.2, 0.25) is 0 Å². The molecule has 1 heterocycles. The molecule has 1 unspecified atom stereocenters. The molecular formula is C11H18O3. The quantitative estimate of drug-likeness (QED) is 0.514. The second kappa shape index (κ2) is 5.68. The van der Waals surface area contributed by atoms with Gasteiger partial charge >= 0.3 is 5.97 Å². The minimum absolute atomic E-state index is 0.311. The summed E-state index contributed by atoms with van der Waals surface area (Å²) in [6.45, 7) is 2.17. The fourth-order valence-corrected chi connectivity index (χ4v) is 1.57. The molecule has 0 spiro atoms. The van der Waals surface area contributed by atoms with E-state index in [1.807, 2.05) is 0 Å². The molecule has 0 radical (unpaired) electrons. The number of esters is 1. The van der Waals surface area contributed by atoms with Crippen LogP contribution in [0.2, 0.25) is 0 Å². The van der Waals surface area contributed by atoms with Crippen LogP contribution in [0.3, 0.4) is 0 Å². The molecule has 1 aliphatic rings. The number of ether oxygens (including phenoxy) is 2. The lowest BCUT2D eigenvalue weighted by Crippen LogP contribution is -2.04. The molecule has 80 valence electrons. The Morgan fingerprint density at radius 1 is 1.71 bits per heavy atom. The van der Waals surface area contributed by atoms with Crippen LogP contribution in [-0.2, 0) is 14.3 Å². The van der Waals surface area contributed by atoms with Crippen LogP contribution >= 0.6 is 0 Å². The normalized spacial score (nSPS) is 23.6. The van der Waals surface area contributed by atoms with E-state index in [0.29, 0.717) is 6.10 Å². The maximum Gasteiger partial charge on any atom is 0.333 e. The van der Waals surface area contributed by atoms with Crippen molar-refractivity contribution in [1.82, 2.24) is 0 Å². The van der Waals surface area contributed by atoms with Crippen LogP contribution < -0.4 is 0 Å². The standard InChI is InChI=1S/C11H18O3/c1-3-4-5-9-6-7-10(14-9)8-11(12)13-2/h8-9H,3-7H2,1-2H3/b10-8+. The molecule has 14 heavy (non-hydrogen) atoms. The van der Waals surface area contributed by atoms with E-state index >= 15 is 0 Å². The van der Waals surface area contributed by atoms with Crippen LogP contribution in [0, 0.1) is 0 Å². The molecular weight excluding hydrogens is 180 g/mol. The zero-order valence-electron chi connectivity index (χ0n) is 8.91. The molecule has 0 aromatic carbocycles. The van der Waals surface area contributed by atoms with Crippen molar-refractivity contribution in [3.63, 3.8) is 0 Å². The highest BCUT2D eigenvalue weighted by Gasteiger charge is 2.20. The summed E-state index contributed by atoms with van der Waals surface area (Å²) in [6.07, 6.45) is 7.13. The molecule has 0 aliphatic carbocycles. The van der Waals surface area contributed by atoms with E-state index in [9.17, 15) is 4.79 Å². The van der Waals surface area contributed by atoms with Gasteiger partial charge in [-0.25, -0.2) is 4.79 Å². The third-order valence-corrected chi connectivity index (χ3v) is 2.39. The van der Waals surface area contributed by atoms with Crippen molar-refractivity contribution in [1.29, 1.82) is 0 Å². The van der Waals surface area contributed by atoms with Crippen molar-refractivity contribution in [2.45, 2.75) is 45.1 Å². The van der Waals surface area contributed by atoms with Gasteiger partial charge in [-0.15, -0.1) is 0 Å². The first-order valence-corrected chi connectivity index (χ1v) is 5.21. The van der Waals surface area contributed by atoms with Crippen LogP contribution in [0.25, 0.3) is 0 Å². The molecule has 0 aromatic heterocycles. The Hall–Kier alpha value is -0.990. The van der Waals surface area contributed by atoms with Crippen molar-refractivity contribution in [2.24, 2.45) is 0 Å². The van der Waals surface area contributed by atoms with Gasteiger partial charge < -0.3 is 9.47 Å². The molecule has 3 heteroatoms. The Morgan fingerprint density at radius 2 is 2.50 bits per heavy atom. The highest BCUT2D eigenvalue weighted by molar-refractivity contribution is 5.82. The largest absolute Gasteiger partial charge is 0.494 e. The van der Waals surface area contributed by atoms with Crippen molar-refractivity contribution < 1.29 is 14.3 Å². The Balaban J connectivity index is 2.33. The number of carbonyl (C=O) groups excluding carboxylic acids is 1. The van der Waals surface area contributed by atoms with Crippen LogP contribution in [0.1, 0.15) is 39.0 Å². The topological polar surface area (TPSA) is 35.5 Å². The number of hydrogen-bond donors (Lipinski definition) is 0. The fourth-order valence-electron chi connectivity index (χ4n) is 1.57. The summed E-state index contributed by atoms with van der Waals surface area (Å²) < 4.78 is 10.1. The van der Waals surface area contributed by atoms with E-state index in [-0.39, 0.29) is 5.97 Å². The number of methoxy groups -OCH3 is 1. The third kappa shape index (κ3) is 3.40. The second-order valence-electron chi connectivity index (χ2n) is 3.55. The van der Waals surface area contributed by atoms with E-state index in [0.717, 1.165) is 25.0 Å². The smallest absolute Gasteiger partial charge is 0.333 e. The van der Waals surface area contributed by atoms with Crippen molar-refractivity contribution >= 4 is 5.97 Å². The van der Waals surface area contributed by atoms with Gasteiger partial charge in [0.15, 0.2) is 0 Å². The summed E-state index contributed by atoms with van der Waals surface area (Å²) in [5.74, 6) is 0.453. The third-order valence-electron chi connectivity index (χ3n) is 2.39. The van der Waals surface area contributed by atoms with Gasteiger partial charge in [-0.2, -0.15) is 0 Å². The van der Waals surface area contributed by atoms with Gasteiger partial charge in [0, 0.05) is 6.42 Å². The van der Waals surface area contributed by atoms with Gasteiger partial charge in [-0.1, -0.05) is 19.8 Å². The number of rotatable bonds is 4. The average molecular weight is 198 g/mol. The van der Waals surface area contributed by atoms with Crippen molar-refractivity contribution in [3.8, 4) is 0 Å². The molecule has 0 aromatic rings. The molecule has 1 fully saturated rings. The first-order chi connectivity index (χ1) is 6.76. The number of hydrogen-bond acceptors (Lipinski definition) is 3. The fraction of sp³-hybridized carbons (Fsp3) is 0.727. The summed E-state index contributed by atoms with van der Waals surface area (Å²) in [4.78, 5) is 10.9. The Labute approximate surface area is 85.1 Å². The molecule has 0 saturated carbocycles. The molecule has 1 rings (SSSR count). The molecule has 0 bridgehead atoms. The molecule has 1 atom stereocenters. The van der Waals surface area contributed by atoms with E-state index in [2.05, 4.69) is 11.7 Å². The lowest BCUT2D eigenvalue weighted by molar-refractivity contribution is -0.135. The van der Waals surface area contributed by atoms with E-state index in [1.165, 1.54) is 26.0 Å². The molecule has 0 N–H and O–H groups in total. The molecule has 1 saturated heterocycles. The van der Waals surface area contributed by atoms with Gasteiger partial charge in [-0.05, 0) is 12.8 Å². The summed E-state index contributed by atoms with van der Waals surface area (Å²) in [7, 11) is 1.38. The summed E-state index contributed by atoms with van der Waals surface area (Å²) in [6, 6.07) is 0. The highest BCUT2D eigenvalue weighted by atomic mass is 16.5. The number of allylic oxidation sites excluding steroid dienone is 1. The summed E-state index contributed by atoms with van der Waals surface area (Å²) in [5, 5.41) is 0. The van der Waals surface area contributed by atoms with E-state index in [1.54, 1.807) is 0 Å². The highest BCUT2D eigenvalue weighted by Crippen LogP contribution is 2.26. The SMILES string of the molecule is CCCCC1CC/C(=C\C(=O)OC)O1. The lowest BCUT2D eigenvalue weighted by atomic mass is 10.1. The molecule has 3 nitrogen and oxygen atoms in total. The van der Waals surface area contributed by atoms with Gasteiger partial charge in [0.1, 0.15) is 5.76 Å². The minimum Gasteiger partial charge on any atom is -0.494 e. The number of unbranched alkanes of at least 4 members (excludes halogenated alkanes) is 1. The van der Waals surface area contributed by atoms with Gasteiger partial charge in [0.05, 0.1) is 19.3 Å². The van der Waals surface area contributed by atoms with Gasteiger partial charge in [0.25, 0.3) is 0 Å². The lowest BCUT2D eigenvalue weighted by Gasteiger charge is -2.08. The predicted molar refractivity (Wildman–Crippen MR) is 53.7 cm³/mol. The van der Waals surface area contributed by atoms with Crippen molar-refractivity contribution in [3.05, 3.63) is 11.8 Å². The monoisotopic (exact) mass is 198 g/mol. The van der Waals surface area contributed by atoms with Crippen LogP contribution in [0.15, 0.2) is 11.8 Å². The summed E-state index contributed by atoms with van der Waals surface area (Å²) in [5.41, 5.74) is 0. The van der Waals surface area contributed by atoms with E-state index < -0.39 is 0 Å². The average Bonchev–Trinajstić information content (AvgIpc) is 2.62. The first kappa shape index (κ1) is 11.1. The minimum atomic E-state index is -0.323. The number of carbonyl (C=O) groups is 1. The molecule has 1 aliphatic heterocycles. The maximum atomic E-state index is 10.9. The molecule has 0 amide bonds. The van der Waals surface area contributed by atoms with Crippen LogP contribution in [-0.4, -0.2) is 19.2 Å². The maximum absolute atomic E-state index is 10.9. The van der Waals surface area contributed by atoms with Crippen molar-refractivity contribution in [2.75, 3.05) is 7.11 Å². The van der Waals surface area contributed by atoms with Crippen LogP contribution in [0.4, 0.5) is 0 Å². The van der Waals surface area contributed by atoms with Crippen LogP contribution in [0.5, 0.6) is 0 Å². The van der Waals surface area contributed by atoms with E-state index in [4.69, 9.17) is 4.74 Å². The summed E-state index contributed by atoms with van der Waals surface area (Å²) >= 11 is 0. The Bertz CT molecular complexity index is 221. The first-order valence-electron chi connectivity index (χ1n) is 5.21.